The number of aromatic hydroxyl groups is 1. The van der Waals surface area contributed by atoms with Crippen molar-refractivity contribution in [3.05, 3.63) is 28.2 Å². The van der Waals surface area contributed by atoms with Gasteiger partial charge in [0.15, 0.2) is 0 Å². The SMILES string of the molecule is CCCCCNCc1cc(O)ccc1Br. The number of halogens is 1. The number of unbranched alkanes of at least 4 members (excludes halogenated alkanes) is 2. The summed E-state index contributed by atoms with van der Waals surface area (Å²) in [7, 11) is 0. The lowest BCUT2D eigenvalue weighted by Gasteiger charge is -2.07. The standard InChI is InChI=1S/C12H18BrNO/c1-2-3-4-7-14-9-10-8-11(15)5-6-12(10)13/h5-6,8,14-15H,2-4,7,9H2,1H3. The first kappa shape index (κ1) is 12.5. The van der Waals surface area contributed by atoms with Crippen LogP contribution >= 0.6 is 15.9 Å². The molecule has 0 aliphatic rings. The number of rotatable bonds is 6. The molecule has 0 radical (unpaired) electrons. The predicted octanol–water partition coefficient (Wildman–Crippen LogP) is 3.43. The van der Waals surface area contributed by atoms with Gasteiger partial charge in [0.25, 0.3) is 0 Å². The molecule has 2 nitrogen and oxygen atoms in total. The van der Waals surface area contributed by atoms with Crippen molar-refractivity contribution in [1.29, 1.82) is 0 Å². The van der Waals surface area contributed by atoms with Crippen LogP contribution in [0.3, 0.4) is 0 Å². The van der Waals surface area contributed by atoms with Crippen LogP contribution in [0.15, 0.2) is 22.7 Å². The predicted molar refractivity (Wildman–Crippen MR) is 67.0 cm³/mol. The van der Waals surface area contributed by atoms with E-state index in [1.165, 1.54) is 19.3 Å². The average molecular weight is 272 g/mol. The number of nitrogens with one attached hydrogen (secondary N) is 1. The molecular weight excluding hydrogens is 254 g/mol. The molecule has 0 spiro atoms. The van der Waals surface area contributed by atoms with Gasteiger partial charge in [-0.15, -0.1) is 0 Å². The Morgan fingerprint density at radius 3 is 2.87 bits per heavy atom. The van der Waals surface area contributed by atoms with E-state index < -0.39 is 0 Å². The Labute approximate surface area is 99.8 Å². The fourth-order valence-electron chi connectivity index (χ4n) is 1.42. The van der Waals surface area contributed by atoms with Crippen molar-refractivity contribution < 1.29 is 5.11 Å². The smallest absolute Gasteiger partial charge is 0.115 e. The van der Waals surface area contributed by atoms with Gasteiger partial charge in [0, 0.05) is 11.0 Å². The van der Waals surface area contributed by atoms with Gasteiger partial charge in [-0.05, 0) is 36.7 Å². The normalized spacial score (nSPS) is 10.5. The third-order valence-electron chi connectivity index (χ3n) is 2.30. The maximum absolute atomic E-state index is 9.33. The summed E-state index contributed by atoms with van der Waals surface area (Å²) in [6, 6.07) is 5.35. The van der Waals surface area contributed by atoms with Crippen LogP contribution in [0.25, 0.3) is 0 Å². The summed E-state index contributed by atoms with van der Waals surface area (Å²) in [5.74, 6) is 0.323. The Bertz CT molecular complexity index is 302. The summed E-state index contributed by atoms with van der Waals surface area (Å²) in [5, 5.41) is 12.7. The molecule has 3 heteroatoms. The minimum Gasteiger partial charge on any atom is -0.508 e. The monoisotopic (exact) mass is 271 g/mol. The Morgan fingerprint density at radius 1 is 1.33 bits per heavy atom. The molecule has 0 unspecified atom stereocenters. The number of hydrogen-bond acceptors (Lipinski definition) is 2. The average Bonchev–Trinajstić information content (AvgIpc) is 2.23. The van der Waals surface area contributed by atoms with Crippen LogP contribution in [0.1, 0.15) is 31.7 Å². The second-order valence-electron chi connectivity index (χ2n) is 3.66. The zero-order valence-corrected chi connectivity index (χ0v) is 10.7. The van der Waals surface area contributed by atoms with Gasteiger partial charge >= 0.3 is 0 Å². The lowest BCUT2D eigenvalue weighted by atomic mass is 10.2. The first-order valence-electron chi connectivity index (χ1n) is 5.42. The van der Waals surface area contributed by atoms with Gasteiger partial charge in [-0.2, -0.15) is 0 Å². The van der Waals surface area contributed by atoms with Crippen LogP contribution in [0, 0.1) is 0 Å². The molecule has 0 aliphatic carbocycles. The lowest BCUT2D eigenvalue weighted by molar-refractivity contribution is 0.474. The van der Waals surface area contributed by atoms with Crippen LogP contribution in [-0.2, 0) is 6.54 Å². The number of hydrogen-bond donors (Lipinski definition) is 2. The summed E-state index contributed by atoms with van der Waals surface area (Å²) in [5.41, 5.74) is 1.10. The van der Waals surface area contributed by atoms with Crippen LogP contribution in [0.5, 0.6) is 5.75 Å². The van der Waals surface area contributed by atoms with Crippen LogP contribution in [-0.4, -0.2) is 11.7 Å². The first-order valence-corrected chi connectivity index (χ1v) is 6.21. The highest BCUT2D eigenvalue weighted by Crippen LogP contribution is 2.21. The molecule has 0 saturated carbocycles. The third-order valence-corrected chi connectivity index (χ3v) is 3.08. The molecule has 0 amide bonds. The fraction of sp³-hybridized carbons (Fsp3) is 0.500. The highest BCUT2D eigenvalue weighted by Gasteiger charge is 2.00. The van der Waals surface area contributed by atoms with E-state index in [-0.39, 0.29) is 0 Å². The molecule has 0 aliphatic heterocycles. The second-order valence-corrected chi connectivity index (χ2v) is 4.51. The van der Waals surface area contributed by atoms with E-state index >= 15 is 0 Å². The minimum absolute atomic E-state index is 0.323. The zero-order valence-electron chi connectivity index (χ0n) is 9.09. The minimum atomic E-state index is 0.323. The molecule has 0 bridgehead atoms. The molecule has 15 heavy (non-hydrogen) atoms. The largest absolute Gasteiger partial charge is 0.508 e. The van der Waals surface area contributed by atoms with E-state index in [0.29, 0.717) is 5.75 Å². The lowest BCUT2D eigenvalue weighted by Crippen LogP contribution is -2.14. The Balaban J connectivity index is 2.33. The van der Waals surface area contributed by atoms with Crippen molar-refractivity contribution in [2.75, 3.05) is 6.54 Å². The topological polar surface area (TPSA) is 32.3 Å². The van der Waals surface area contributed by atoms with Gasteiger partial charge in [0.1, 0.15) is 5.75 Å². The van der Waals surface area contributed by atoms with Gasteiger partial charge < -0.3 is 10.4 Å². The molecule has 0 aromatic heterocycles. The van der Waals surface area contributed by atoms with E-state index in [2.05, 4.69) is 28.2 Å². The number of phenols is 1. The molecule has 2 N–H and O–H groups in total. The van der Waals surface area contributed by atoms with Crippen molar-refractivity contribution in [2.24, 2.45) is 0 Å². The molecule has 1 rings (SSSR count). The van der Waals surface area contributed by atoms with E-state index in [1.54, 1.807) is 12.1 Å². The van der Waals surface area contributed by atoms with Crippen LogP contribution in [0.4, 0.5) is 0 Å². The molecule has 84 valence electrons. The number of benzene rings is 1. The van der Waals surface area contributed by atoms with Crippen molar-refractivity contribution in [3.63, 3.8) is 0 Å². The summed E-state index contributed by atoms with van der Waals surface area (Å²) in [6.07, 6.45) is 3.73. The van der Waals surface area contributed by atoms with Gasteiger partial charge in [0.05, 0.1) is 0 Å². The van der Waals surface area contributed by atoms with Gasteiger partial charge in [-0.3, -0.25) is 0 Å². The summed E-state index contributed by atoms with van der Waals surface area (Å²) in [4.78, 5) is 0. The molecule has 0 atom stereocenters. The van der Waals surface area contributed by atoms with Crippen molar-refractivity contribution >= 4 is 15.9 Å². The highest BCUT2D eigenvalue weighted by molar-refractivity contribution is 9.10. The van der Waals surface area contributed by atoms with Crippen LogP contribution < -0.4 is 5.32 Å². The van der Waals surface area contributed by atoms with Crippen molar-refractivity contribution in [3.8, 4) is 5.75 Å². The maximum atomic E-state index is 9.33. The molecule has 0 fully saturated rings. The van der Waals surface area contributed by atoms with E-state index in [0.717, 1.165) is 23.1 Å². The van der Waals surface area contributed by atoms with Crippen molar-refractivity contribution in [1.82, 2.24) is 5.32 Å². The Morgan fingerprint density at radius 2 is 2.13 bits per heavy atom. The second kappa shape index (κ2) is 6.85. The molecule has 0 saturated heterocycles. The summed E-state index contributed by atoms with van der Waals surface area (Å²) < 4.78 is 1.04. The first-order chi connectivity index (χ1) is 7.24. The maximum Gasteiger partial charge on any atom is 0.115 e. The molecule has 1 aromatic rings. The third kappa shape index (κ3) is 4.67. The van der Waals surface area contributed by atoms with E-state index in [4.69, 9.17) is 0 Å². The number of phenolic OH excluding ortho intramolecular Hbond substituents is 1. The van der Waals surface area contributed by atoms with E-state index in [1.807, 2.05) is 6.07 Å². The van der Waals surface area contributed by atoms with Gasteiger partial charge in [0.2, 0.25) is 0 Å². The molecular formula is C12H18BrNO. The van der Waals surface area contributed by atoms with Gasteiger partial charge in [-0.25, -0.2) is 0 Å². The highest BCUT2D eigenvalue weighted by atomic mass is 79.9. The fourth-order valence-corrected chi connectivity index (χ4v) is 1.81. The Kier molecular flexibility index (Phi) is 5.73. The molecule has 1 aromatic carbocycles. The van der Waals surface area contributed by atoms with E-state index in [9.17, 15) is 5.11 Å². The summed E-state index contributed by atoms with van der Waals surface area (Å²) in [6.45, 7) is 4.04. The Hall–Kier alpha value is -0.540. The van der Waals surface area contributed by atoms with Gasteiger partial charge in [-0.1, -0.05) is 35.7 Å². The van der Waals surface area contributed by atoms with Crippen LogP contribution in [0.2, 0.25) is 0 Å². The molecule has 0 heterocycles. The quantitative estimate of drug-likeness (QED) is 0.777. The zero-order chi connectivity index (χ0) is 11.1. The summed E-state index contributed by atoms with van der Waals surface area (Å²) >= 11 is 3.46. The van der Waals surface area contributed by atoms with Crippen molar-refractivity contribution in [2.45, 2.75) is 32.7 Å².